The molecule has 0 radical (unpaired) electrons. The molecule has 0 aromatic rings. The van der Waals surface area contributed by atoms with E-state index in [0.29, 0.717) is 12.6 Å². The highest BCUT2D eigenvalue weighted by atomic mass is 16.2. The lowest BCUT2D eigenvalue weighted by Crippen LogP contribution is -2.49. The van der Waals surface area contributed by atoms with Gasteiger partial charge in [0.1, 0.15) is 0 Å². The molecule has 0 aliphatic carbocycles. The number of carbonyl (C=O) groups excluding carboxylic acids is 2. The Morgan fingerprint density at radius 2 is 1.89 bits per heavy atom. The molecule has 1 heterocycles. The van der Waals surface area contributed by atoms with Crippen LogP contribution in [0, 0.1) is 0 Å². The molecule has 18 heavy (non-hydrogen) atoms. The highest BCUT2D eigenvalue weighted by Gasteiger charge is 2.19. The van der Waals surface area contributed by atoms with Gasteiger partial charge in [-0.15, -0.1) is 0 Å². The molecular weight excluding hydrogens is 232 g/mol. The van der Waals surface area contributed by atoms with Gasteiger partial charge in [-0.1, -0.05) is 6.42 Å². The van der Waals surface area contributed by atoms with Crippen LogP contribution in [-0.4, -0.2) is 48.4 Å². The fraction of sp³-hybridized carbons (Fsp3) is 0.833. The standard InChI is InChI=1S/C12H24N4O2/c1-9(16-5-3-2-4-6-16)8-15-12(18)10(13)7-11(14)17/h9-10H,2-8,13H2,1H3,(H2,14,17)(H,15,18). The molecule has 0 aromatic carbocycles. The van der Waals surface area contributed by atoms with Gasteiger partial charge in [-0.25, -0.2) is 0 Å². The largest absolute Gasteiger partial charge is 0.370 e. The summed E-state index contributed by atoms with van der Waals surface area (Å²) >= 11 is 0. The number of nitrogens with two attached hydrogens (primary N) is 2. The number of piperidine rings is 1. The summed E-state index contributed by atoms with van der Waals surface area (Å²) in [5.41, 5.74) is 10.6. The van der Waals surface area contributed by atoms with Crippen LogP contribution in [0.15, 0.2) is 0 Å². The minimum Gasteiger partial charge on any atom is -0.370 e. The van der Waals surface area contributed by atoms with Crippen LogP contribution in [0.5, 0.6) is 0 Å². The molecule has 5 N–H and O–H groups in total. The normalized spacial score (nSPS) is 20.1. The van der Waals surface area contributed by atoms with Gasteiger partial charge < -0.3 is 16.8 Å². The number of amides is 2. The number of hydrogen-bond acceptors (Lipinski definition) is 4. The van der Waals surface area contributed by atoms with E-state index in [2.05, 4.69) is 17.1 Å². The van der Waals surface area contributed by atoms with E-state index in [9.17, 15) is 9.59 Å². The van der Waals surface area contributed by atoms with E-state index in [-0.39, 0.29) is 12.3 Å². The average molecular weight is 256 g/mol. The average Bonchev–Trinajstić information content (AvgIpc) is 2.35. The maximum atomic E-state index is 11.6. The maximum absolute atomic E-state index is 11.6. The van der Waals surface area contributed by atoms with E-state index in [1.54, 1.807) is 0 Å². The summed E-state index contributed by atoms with van der Waals surface area (Å²) in [6.07, 6.45) is 3.63. The first kappa shape index (κ1) is 14.9. The van der Waals surface area contributed by atoms with Gasteiger partial charge in [-0.05, 0) is 32.9 Å². The second-order valence-electron chi connectivity index (χ2n) is 4.97. The molecule has 2 unspecified atom stereocenters. The molecular formula is C12H24N4O2. The number of nitrogens with one attached hydrogen (secondary N) is 1. The summed E-state index contributed by atoms with van der Waals surface area (Å²) in [5.74, 6) is -0.862. The van der Waals surface area contributed by atoms with Crippen molar-refractivity contribution in [1.29, 1.82) is 0 Å². The predicted molar refractivity (Wildman–Crippen MR) is 69.7 cm³/mol. The van der Waals surface area contributed by atoms with Crippen LogP contribution in [0.1, 0.15) is 32.6 Å². The Hall–Kier alpha value is -1.14. The number of hydrogen-bond donors (Lipinski definition) is 3. The van der Waals surface area contributed by atoms with Gasteiger partial charge in [0.25, 0.3) is 0 Å². The lowest BCUT2D eigenvalue weighted by atomic mass is 10.1. The van der Waals surface area contributed by atoms with Crippen molar-refractivity contribution in [3.8, 4) is 0 Å². The topological polar surface area (TPSA) is 101 Å². The highest BCUT2D eigenvalue weighted by Crippen LogP contribution is 2.11. The monoisotopic (exact) mass is 256 g/mol. The smallest absolute Gasteiger partial charge is 0.237 e. The first-order valence-electron chi connectivity index (χ1n) is 6.56. The summed E-state index contributed by atoms with van der Waals surface area (Å²) in [6.45, 7) is 4.82. The molecule has 6 nitrogen and oxygen atoms in total. The quantitative estimate of drug-likeness (QED) is 0.578. The minimum absolute atomic E-state index is 0.107. The van der Waals surface area contributed by atoms with Crippen molar-refractivity contribution in [3.63, 3.8) is 0 Å². The van der Waals surface area contributed by atoms with Gasteiger partial charge in [0.2, 0.25) is 11.8 Å². The molecule has 1 aliphatic heterocycles. The third-order valence-corrected chi connectivity index (χ3v) is 3.34. The zero-order valence-electron chi connectivity index (χ0n) is 11.0. The lowest BCUT2D eigenvalue weighted by Gasteiger charge is -2.32. The van der Waals surface area contributed by atoms with Gasteiger partial charge in [-0.3, -0.25) is 14.5 Å². The number of nitrogens with zero attached hydrogens (tertiary/aromatic N) is 1. The van der Waals surface area contributed by atoms with Crippen LogP contribution in [0.25, 0.3) is 0 Å². The highest BCUT2D eigenvalue weighted by molar-refractivity contribution is 5.87. The Bertz CT molecular complexity index is 290. The molecule has 1 fully saturated rings. The van der Waals surface area contributed by atoms with Crippen molar-refractivity contribution in [2.45, 2.75) is 44.7 Å². The number of carbonyl (C=O) groups is 2. The summed E-state index contributed by atoms with van der Waals surface area (Å²) < 4.78 is 0. The van der Waals surface area contributed by atoms with Crippen molar-refractivity contribution >= 4 is 11.8 Å². The van der Waals surface area contributed by atoms with Crippen molar-refractivity contribution in [2.75, 3.05) is 19.6 Å². The zero-order valence-corrected chi connectivity index (χ0v) is 11.0. The number of primary amides is 1. The summed E-state index contributed by atoms with van der Waals surface area (Å²) in [6, 6.07) is -0.536. The van der Waals surface area contributed by atoms with Crippen molar-refractivity contribution in [1.82, 2.24) is 10.2 Å². The third-order valence-electron chi connectivity index (χ3n) is 3.34. The van der Waals surface area contributed by atoms with Gasteiger partial charge in [0.05, 0.1) is 12.5 Å². The second kappa shape index (κ2) is 7.33. The maximum Gasteiger partial charge on any atom is 0.237 e. The van der Waals surface area contributed by atoms with Crippen LogP contribution in [-0.2, 0) is 9.59 Å². The summed E-state index contributed by atoms with van der Waals surface area (Å²) in [7, 11) is 0. The molecule has 6 heteroatoms. The predicted octanol–water partition coefficient (Wildman–Crippen LogP) is -0.820. The van der Waals surface area contributed by atoms with Gasteiger partial charge in [0, 0.05) is 12.6 Å². The molecule has 0 aromatic heterocycles. The Morgan fingerprint density at radius 1 is 1.28 bits per heavy atom. The fourth-order valence-corrected chi connectivity index (χ4v) is 2.18. The molecule has 0 bridgehead atoms. The van der Waals surface area contributed by atoms with Gasteiger partial charge in [0.15, 0.2) is 0 Å². The van der Waals surface area contributed by atoms with Crippen LogP contribution >= 0.6 is 0 Å². The SMILES string of the molecule is CC(CNC(=O)C(N)CC(N)=O)N1CCCCC1. The first-order chi connectivity index (χ1) is 8.50. The lowest BCUT2D eigenvalue weighted by molar-refractivity contribution is -0.126. The van der Waals surface area contributed by atoms with E-state index < -0.39 is 11.9 Å². The second-order valence-corrected chi connectivity index (χ2v) is 4.97. The Kier molecular flexibility index (Phi) is 6.07. The van der Waals surface area contributed by atoms with Crippen LogP contribution in [0.4, 0.5) is 0 Å². The van der Waals surface area contributed by atoms with E-state index in [1.807, 2.05) is 0 Å². The Balaban J connectivity index is 2.26. The molecule has 0 saturated carbocycles. The van der Waals surface area contributed by atoms with E-state index in [4.69, 9.17) is 11.5 Å². The van der Waals surface area contributed by atoms with Crippen molar-refractivity contribution in [2.24, 2.45) is 11.5 Å². The summed E-state index contributed by atoms with van der Waals surface area (Å²) in [5, 5.41) is 2.77. The van der Waals surface area contributed by atoms with Crippen LogP contribution in [0.3, 0.4) is 0 Å². The molecule has 1 aliphatic rings. The molecule has 1 saturated heterocycles. The molecule has 0 spiro atoms. The van der Waals surface area contributed by atoms with Crippen molar-refractivity contribution in [3.05, 3.63) is 0 Å². The number of likely N-dealkylation sites (tertiary alicyclic amines) is 1. The van der Waals surface area contributed by atoms with Crippen LogP contribution in [0.2, 0.25) is 0 Å². The van der Waals surface area contributed by atoms with E-state index >= 15 is 0 Å². The Labute approximate surface area is 108 Å². The minimum atomic E-state index is -0.837. The fourth-order valence-electron chi connectivity index (χ4n) is 2.18. The molecule has 2 amide bonds. The van der Waals surface area contributed by atoms with E-state index in [0.717, 1.165) is 13.1 Å². The number of rotatable bonds is 6. The van der Waals surface area contributed by atoms with Gasteiger partial charge >= 0.3 is 0 Å². The van der Waals surface area contributed by atoms with E-state index in [1.165, 1.54) is 19.3 Å². The first-order valence-corrected chi connectivity index (χ1v) is 6.56. The molecule has 1 rings (SSSR count). The van der Waals surface area contributed by atoms with Gasteiger partial charge in [-0.2, -0.15) is 0 Å². The van der Waals surface area contributed by atoms with Crippen LogP contribution < -0.4 is 16.8 Å². The van der Waals surface area contributed by atoms with Crippen molar-refractivity contribution < 1.29 is 9.59 Å². The zero-order chi connectivity index (χ0) is 13.5. The Morgan fingerprint density at radius 3 is 2.44 bits per heavy atom. The third kappa shape index (κ3) is 5.01. The molecule has 104 valence electrons. The molecule has 2 atom stereocenters. The summed E-state index contributed by atoms with van der Waals surface area (Å²) in [4.78, 5) is 24.6.